The van der Waals surface area contributed by atoms with E-state index in [0.717, 1.165) is 18.5 Å². The summed E-state index contributed by atoms with van der Waals surface area (Å²) >= 11 is 1.79. The molecule has 0 spiro atoms. The minimum Gasteiger partial charge on any atom is -0.478 e. The van der Waals surface area contributed by atoms with Crippen LogP contribution in [0.2, 0.25) is 0 Å². The van der Waals surface area contributed by atoms with Crippen molar-refractivity contribution in [3.63, 3.8) is 0 Å². The Kier molecular flexibility index (Phi) is 5.32. The quantitative estimate of drug-likeness (QED) is 0.821. The molecule has 106 valence electrons. The first-order chi connectivity index (χ1) is 9.65. The van der Waals surface area contributed by atoms with Gasteiger partial charge in [0.25, 0.3) is 0 Å². The van der Waals surface area contributed by atoms with Crippen molar-refractivity contribution in [1.29, 1.82) is 0 Å². The smallest absolute Gasteiger partial charge is 0.335 e. The number of nitrogens with one attached hydrogen (secondary N) is 1. The lowest BCUT2D eigenvalue weighted by atomic mass is 10.1. The van der Waals surface area contributed by atoms with Crippen molar-refractivity contribution < 1.29 is 9.90 Å². The summed E-state index contributed by atoms with van der Waals surface area (Å²) in [5.74, 6) is -0.311. The topological polar surface area (TPSA) is 49.3 Å². The third kappa shape index (κ3) is 4.47. The standard InChI is InChI=1S/C16H19NO2S/c1-12(8-15-6-3-7-20-15)10-17-11-13-4-2-5-14(9-13)16(18)19/h2-7,9,12,17H,8,10-11H2,1H3,(H,18,19). The summed E-state index contributed by atoms with van der Waals surface area (Å²) in [4.78, 5) is 12.3. The molecule has 2 aromatic rings. The summed E-state index contributed by atoms with van der Waals surface area (Å²) in [6.07, 6.45) is 1.08. The maximum absolute atomic E-state index is 10.9. The van der Waals surface area contributed by atoms with E-state index in [4.69, 9.17) is 5.11 Å². The summed E-state index contributed by atoms with van der Waals surface area (Å²) in [6.45, 7) is 3.85. The highest BCUT2D eigenvalue weighted by Crippen LogP contribution is 2.14. The van der Waals surface area contributed by atoms with E-state index in [1.54, 1.807) is 29.5 Å². The Bertz CT molecular complexity index is 551. The molecule has 0 radical (unpaired) electrons. The Morgan fingerprint density at radius 1 is 1.35 bits per heavy atom. The van der Waals surface area contributed by atoms with E-state index in [1.807, 2.05) is 6.07 Å². The van der Waals surface area contributed by atoms with Crippen LogP contribution in [0.3, 0.4) is 0 Å². The van der Waals surface area contributed by atoms with Crippen LogP contribution in [0.1, 0.15) is 27.7 Å². The van der Waals surface area contributed by atoms with Gasteiger partial charge in [0.15, 0.2) is 0 Å². The van der Waals surface area contributed by atoms with Gasteiger partial charge in [-0.3, -0.25) is 0 Å². The number of benzene rings is 1. The van der Waals surface area contributed by atoms with Gasteiger partial charge in [-0.1, -0.05) is 25.1 Å². The maximum Gasteiger partial charge on any atom is 0.335 e. The number of hydrogen-bond donors (Lipinski definition) is 2. The molecule has 0 aliphatic heterocycles. The number of carboxylic acid groups (broad SMARTS) is 1. The second-order valence-electron chi connectivity index (χ2n) is 5.03. The zero-order valence-corrected chi connectivity index (χ0v) is 12.3. The third-order valence-electron chi connectivity index (χ3n) is 3.13. The van der Waals surface area contributed by atoms with E-state index in [2.05, 4.69) is 29.8 Å². The highest BCUT2D eigenvalue weighted by Gasteiger charge is 2.06. The lowest BCUT2D eigenvalue weighted by Gasteiger charge is -2.12. The van der Waals surface area contributed by atoms with E-state index in [0.29, 0.717) is 18.0 Å². The molecule has 0 aliphatic rings. The van der Waals surface area contributed by atoms with E-state index in [1.165, 1.54) is 4.88 Å². The zero-order chi connectivity index (χ0) is 14.4. The molecule has 1 unspecified atom stereocenters. The minimum absolute atomic E-state index is 0.343. The van der Waals surface area contributed by atoms with Crippen LogP contribution >= 0.6 is 11.3 Å². The van der Waals surface area contributed by atoms with Gasteiger partial charge in [-0.15, -0.1) is 11.3 Å². The van der Waals surface area contributed by atoms with E-state index >= 15 is 0 Å². The molecule has 3 nitrogen and oxygen atoms in total. The lowest BCUT2D eigenvalue weighted by molar-refractivity contribution is 0.0696. The molecular formula is C16H19NO2S. The molecule has 0 bridgehead atoms. The normalized spacial score (nSPS) is 12.2. The lowest BCUT2D eigenvalue weighted by Crippen LogP contribution is -2.22. The van der Waals surface area contributed by atoms with Crippen molar-refractivity contribution in [3.8, 4) is 0 Å². The number of thiophene rings is 1. The van der Waals surface area contributed by atoms with Crippen molar-refractivity contribution in [2.75, 3.05) is 6.54 Å². The van der Waals surface area contributed by atoms with Gasteiger partial charge in [0.2, 0.25) is 0 Å². The van der Waals surface area contributed by atoms with Crippen LogP contribution in [0.15, 0.2) is 41.8 Å². The highest BCUT2D eigenvalue weighted by atomic mass is 32.1. The first-order valence-electron chi connectivity index (χ1n) is 6.70. The Labute approximate surface area is 123 Å². The van der Waals surface area contributed by atoms with Crippen LogP contribution in [0.25, 0.3) is 0 Å². The molecule has 2 rings (SSSR count). The molecule has 0 aliphatic carbocycles. The molecule has 0 amide bonds. The van der Waals surface area contributed by atoms with Crippen molar-refractivity contribution in [2.24, 2.45) is 5.92 Å². The fourth-order valence-corrected chi connectivity index (χ4v) is 2.99. The summed E-state index contributed by atoms with van der Waals surface area (Å²) in [7, 11) is 0. The molecule has 0 fully saturated rings. The van der Waals surface area contributed by atoms with E-state index < -0.39 is 5.97 Å². The van der Waals surface area contributed by atoms with Crippen LogP contribution < -0.4 is 5.32 Å². The fourth-order valence-electron chi connectivity index (χ4n) is 2.12. The average Bonchev–Trinajstić information content (AvgIpc) is 2.92. The predicted octanol–water partition coefficient (Wildman–Crippen LogP) is 3.41. The Morgan fingerprint density at radius 2 is 2.20 bits per heavy atom. The molecule has 20 heavy (non-hydrogen) atoms. The first-order valence-corrected chi connectivity index (χ1v) is 7.58. The Balaban J connectivity index is 1.78. The van der Waals surface area contributed by atoms with Crippen LogP contribution in [-0.4, -0.2) is 17.6 Å². The molecule has 0 saturated heterocycles. The Morgan fingerprint density at radius 3 is 2.90 bits per heavy atom. The van der Waals surface area contributed by atoms with Gasteiger partial charge in [-0.05, 0) is 48.0 Å². The third-order valence-corrected chi connectivity index (χ3v) is 4.02. The van der Waals surface area contributed by atoms with Gasteiger partial charge >= 0.3 is 5.97 Å². The molecular weight excluding hydrogens is 270 g/mol. The Hall–Kier alpha value is -1.65. The van der Waals surface area contributed by atoms with Crippen molar-refractivity contribution >= 4 is 17.3 Å². The van der Waals surface area contributed by atoms with Gasteiger partial charge in [0, 0.05) is 11.4 Å². The number of aromatic carboxylic acids is 1. The fraction of sp³-hybridized carbons (Fsp3) is 0.312. The van der Waals surface area contributed by atoms with Gasteiger partial charge in [-0.25, -0.2) is 4.79 Å². The number of hydrogen-bond acceptors (Lipinski definition) is 3. The maximum atomic E-state index is 10.9. The van der Waals surface area contributed by atoms with Crippen molar-refractivity contribution in [1.82, 2.24) is 5.32 Å². The molecule has 1 aromatic heterocycles. The SMILES string of the molecule is CC(CNCc1cccc(C(=O)O)c1)Cc1cccs1. The monoisotopic (exact) mass is 289 g/mol. The van der Waals surface area contributed by atoms with E-state index in [-0.39, 0.29) is 0 Å². The summed E-state index contributed by atoms with van der Waals surface area (Å²) in [5, 5.41) is 14.4. The van der Waals surface area contributed by atoms with Crippen LogP contribution in [-0.2, 0) is 13.0 Å². The second-order valence-corrected chi connectivity index (χ2v) is 6.06. The minimum atomic E-state index is -0.877. The summed E-state index contributed by atoms with van der Waals surface area (Å²) in [5.41, 5.74) is 1.35. The second kappa shape index (κ2) is 7.22. The van der Waals surface area contributed by atoms with Gasteiger partial charge < -0.3 is 10.4 Å². The van der Waals surface area contributed by atoms with Crippen molar-refractivity contribution in [2.45, 2.75) is 19.9 Å². The van der Waals surface area contributed by atoms with Gasteiger partial charge in [-0.2, -0.15) is 0 Å². The van der Waals surface area contributed by atoms with Crippen molar-refractivity contribution in [3.05, 3.63) is 57.8 Å². The average molecular weight is 289 g/mol. The van der Waals surface area contributed by atoms with E-state index in [9.17, 15) is 4.79 Å². The largest absolute Gasteiger partial charge is 0.478 e. The molecule has 2 N–H and O–H groups in total. The molecule has 0 saturated carbocycles. The molecule has 1 atom stereocenters. The highest BCUT2D eigenvalue weighted by molar-refractivity contribution is 7.09. The number of rotatable bonds is 7. The number of carbonyl (C=O) groups is 1. The summed E-state index contributed by atoms with van der Waals surface area (Å²) in [6, 6.07) is 11.3. The zero-order valence-electron chi connectivity index (χ0n) is 11.5. The van der Waals surface area contributed by atoms with Gasteiger partial charge in [0.05, 0.1) is 5.56 Å². The van der Waals surface area contributed by atoms with Crippen LogP contribution in [0.5, 0.6) is 0 Å². The number of carboxylic acids is 1. The summed E-state index contributed by atoms with van der Waals surface area (Å²) < 4.78 is 0. The molecule has 1 heterocycles. The molecule has 1 aromatic carbocycles. The molecule has 4 heteroatoms. The predicted molar refractivity (Wildman–Crippen MR) is 82.3 cm³/mol. The van der Waals surface area contributed by atoms with Crippen LogP contribution in [0, 0.1) is 5.92 Å². The van der Waals surface area contributed by atoms with Crippen LogP contribution in [0.4, 0.5) is 0 Å². The first kappa shape index (κ1) is 14.8. The van der Waals surface area contributed by atoms with Gasteiger partial charge in [0.1, 0.15) is 0 Å².